The van der Waals surface area contributed by atoms with E-state index in [-0.39, 0.29) is 6.04 Å². The van der Waals surface area contributed by atoms with Crippen LogP contribution in [0.1, 0.15) is 29.7 Å². The molecule has 1 aliphatic rings. The third-order valence-corrected chi connectivity index (χ3v) is 4.58. The predicted octanol–water partition coefficient (Wildman–Crippen LogP) is 3.99. The molecule has 0 saturated heterocycles. The van der Waals surface area contributed by atoms with Crippen molar-refractivity contribution in [2.75, 3.05) is 27.4 Å². The summed E-state index contributed by atoms with van der Waals surface area (Å²) in [6.45, 7) is 3.47. The molecule has 0 spiro atoms. The lowest BCUT2D eigenvalue weighted by atomic mass is 9.89. The molecule has 2 aromatic carbocycles. The lowest BCUT2D eigenvalue weighted by molar-refractivity contribution is 0.309. The number of nitrogens with one attached hydrogen (secondary N) is 1. The van der Waals surface area contributed by atoms with E-state index < -0.39 is 0 Å². The van der Waals surface area contributed by atoms with E-state index in [1.54, 1.807) is 14.2 Å². The van der Waals surface area contributed by atoms with Crippen LogP contribution in [0.3, 0.4) is 0 Å². The van der Waals surface area contributed by atoms with Gasteiger partial charge >= 0.3 is 0 Å². The molecule has 0 radical (unpaired) electrons. The highest BCUT2D eigenvalue weighted by molar-refractivity contribution is 6.32. The fourth-order valence-corrected chi connectivity index (χ4v) is 3.42. The van der Waals surface area contributed by atoms with Crippen molar-refractivity contribution < 1.29 is 14.2 Å². The Bertz CT molecular complexity index is 733. The highest BCUT2D eigenvalue weighted by Crippen LogP contribution is 2.38. The number of halogens is 1. The molecule has 1 heterocycles. The van der Waals surface area contributed by atoms with Gasteiger partial charge in [-0.3, -0.25) is 0 Å². The van der Waals surface area contributed by atoms with Crippen molar-refractivity contribution in [2.45, 2.75) is 19.4 Å². The van der Waals surface area contributed by atoms with Crippen molar-refractivity contribution in [2.24, 2.45) is 0 Å². The van der Waals surface area contributed by atoms with Crippen LogP contribution in [0.5, 0.6) is 17.2 Å². The second-order valence-corrected chi connectivity index (χ2v) is 6.07. The largest absolute Gasteiger partial charge is 0.495 e. The molecule has 4 nitrogen and oxygen atoms in total. The lowest BCUT2D eigenvalue weighted by Gasteiger charge is -2.29. The van der Waals surface area contributed by atoms with Gasteiger partial charge in [-0.25, -0.2) is 0 Å². The van der Waals surface area contributed by atoms with Crippen LogP contribution in [0.2, 0.25) is 5.02 Å². The zero-order valence-electron chi connectivity index (χ0n) is 14.2. The number of rotatable bonds is 5. The van der Waals surface area contributed by atoms with Crippen molar-refractivity contribution >= 4 is 11.6 Å². The smallest absolute Gasteiger partial charge is 0.161 e. The Kier molecular flexibility index (Phi) is 5.17. The first-order chi connectivity index (χ1) is 11.7. The number of hydrogen-bond donors (Lipinski definition) is 1. The molecule has 2 aromatic rings. The molecule has 0 amide bonds. The molecule has 1 unspecified atom stereocenters. The van der Waals surface area contributed by atoms with Gasteiger partial charge in [-0.2, -0.15) is 0 Å². The Morgan fingerprint density at radius 2 is 1.88 bits per heavy atom. The fraction of sp³-hybridized carbons (Fsp3) is 0.368. The van der Waals surface area contributed by atoms with Crippen LogP contribution in [0.4, 0.5) is 0 Å². The number of fused-ring (bicyclic) bond motifs is 1. The van der Waals surface area contributed by atoms with Crippen molar-refractivity contribution in [3.05, 3.63) is 52.0 Å². The number of benzene rings is 2. The molecule has 24 heavy (non-hydrogen) atoms. The molecule has 0 fully saturated rings. The Labute approximate surface area is 147 Å². The van der Waals surface area contributed by atoms with Gasteiger partial charge in [0.15, 0.2) is 11.5 Å². The molecule has 0 saturated carbocycles. The van der Waals surface area contributed by atoms with Gasteiger partial charge < -0.3 is 19.5 Å². The minimum absolute atomic E-state index is 0.0715. The average molecular weight is 348 g/mol. The Balaban J connectivity index is 2.04. The SMILES string of the molecule is CCOc1cc2c(cc1OC)CCNC2c1ccc(OC)c(Cl)c1. The Hall–Kier alpha value is -1.91. The summed E-state index contributed by atoms with van der Waals surface area (Å²) in [6.07, 6.45) is 0.957. The fourth-order valence-electron chi connectivity index (χ4n) is 3.15. The molecule has 3 rings (SSSR count). The summed E-state index contributed by atoms with van der Waals surface area (Å²) in [5.74, 6) is 2.23. The second-order valence-electron chi connectivity index (χ2n) is 5.67. The maximum atomic E-state index is 6.31. The van der Waals surface area contributed by atoms with Gasteiger partial charge in [-0.15, -0.1) is 0 Å². The van der Waals surface area contributed by atoms with Crippen LogP contribution in [0, 0.1) is 0 Å². The number of methoxy groups -OCH3 is 2. The molecule has 0 bridgehead atoms. The van der Waals surface area contributed by atoms with Crippen molar-refractivity contribution in [1.29, 1.82) is 0 Å². The average Bonchev–Trinajstić information content (AvgIpc) is 2.61. The van der Waals surface area contributed by atoms with Crippen LogP contribution >= 0.6 is 11.6 Å². The van der Waals surface area contributed by atoms with Gasteiger partial charge in [0.2, 0.25) is 0 Å². The zero-order valence-corrected chi connectivity index (χ0v) is 14.9. The van der Waals surface area contributed by atoms with Gasteiger partial charge in [0.25, 0.3) is 0 Å². The van der Waals surface area contributed by atoms with Crippen LogP contribution in [0.25, 0.3) is 0 Å². The molecule has 1 N–H and O–H groups in total. The molecule has 1 atom stereocenters. The summed E-state index contributed by atoms with van der Waals surface area (Å²) >= 11 is 6.31. The van der Waals surface area contributed by atoms with E-state index in [9.17, 15) is 0 Å². The van der Waals surface area contributed by atoms with Gasteiger partial charge in [0.1, 0.15) is 5.75 Å². The molecular weight excluding hydrogens is 326 g/mol. The first-order valence-corrected chi connectivity index (χ1v) is 8.46. The molecular formula is C19H22ClNO3. The Morgan fingerprint density at radius 3 is 2.54 bits per heavy atom. The standard InChI is InChI=1S/C19H22ClNO3/c1-4-24-18-11-14-12(10-17(18)23-3)7-8-21-19(14)13-5-6-16(22-2)15(20)9-13/h5-6,9-11,19,21H,4,7-8H2,1-3H3. The van der Waals surface area contributed by atoms with Gasteiger partial charge in [0.05, 0.1) is 31.9 Å². The Morgan fingerprint density at radius 1 is 1.08 bits per heavy atom. The van der Waals surface area contributed by atoms with Crippen LogP contribution in [-0.2, 0) is 6.42 Å². The summed E-state index contributed by atoms with van der Waals surface area (Å²) in [4.78, 5) is 0. The van der Waals surface area contributed by atoms with E-state index in [1.165, 1.54) is 11.1 Å². The molecule has 0 aliphatic carbocycles. The third kappa shape index (κ3) is 3.17. The van der Waals surface area contributed by atoms with E-state index >= 15 is 0 Å². The van der Waals surface area contributed by atoms with Crippen molar-refractivity contribution in [1.82, 2.24) is 5.32 Å². The zero-order chi connectivity index (χ0) is 17.1. The van der Waals surface area contributed by atoms with E-state index in [2.05, 4.69) is 17.4 Å². The summed E-state index contributed by atoms with van der Waals surface area (Å²) in [6, 6.07) is 10.1. The van der Waals surface area contributed by atoms with Gasteiger partial charge in [0, 0.05) is 6.54 Å². The minimum Gasteiger partial charge on any atom is -0.495 e. The highest BCUT2D eigenvalue weighted by atomic mass is 35.5. The summed E-state index contributed by atoms with van der Waals surface area (Å²) < 4.78 is 16.5. The van der Waals surface area contributed by atoms with Crippen molar-refractivity contribution in [3.63, 3.8) is 0 Å². The van der Waals surface area contributed by atoms with Crippen LogP contribution in [0.15, 0.2) is 30.3 Å². The maximum Gasteiger partial charge on any atom is 0.161 e. The third-order valence-electron chi connectivity index (χ3n) is 4.29. The molecule has 128 valence electrons. The predicted molar refractivity (Wildman–Crippen MR) is 95.7 cm³/mol. The minimum atomic E-state index is 0.0715. The van der Waals surface area contributed by atoms with Gasteiger partial charge in [-0.05, 0) is 54.3 Å². The summed E-state index contributed by atoms with van der Waals surface area (Å²) in [7, 11) is 3.29. The summed E-state index contributed by atoms with van der Waals surface area (Å²) in [5, 5.41) is 4.18. The molecule has 0 aromatic heterocycles. The second kappa shape index (κ2) is 7.32. The van der Waals surface area contributed by atoms with E-state index in [0.717, 1.165) is 30.0 Å². The van der Waals surface area contributed by atoms with Crippen LogP contribution in [-0.4, -0.2) is 27.4 Å². The maximum absolute atomic E-state index is 6.31. The van der Waals surface area contributed by atoms with E-state index in [1.807, 2.05) is 25.1 Å². The van der Waals surface area contributed by atoms with Crippen LogP contribution < -0.4 is 19.5 Å². The molecule has 1 aliphatic heterocycles. The lowest BCUT2D eigenvalue weighted by Crippen LogP contribution is -2.30. The summed E-state index contributed by atoms with van der Waals surface area (Å²) in [5.41, 5.74) is 3.58. The quantitative estimate of drug-likeness (QED) is 0.887. The van der Waals surface area contributed by atoms with E-state index in [0.29, 0.717) is 17.4 Å². The van der Waals surface area contributed by atoms with Crippen molar-refractivity contribution in [3.8, 4) is 17.2 Å². The monoisotopic (exact) mass is 347 g/mol. The first-order valence-electron chi connectivity index (χ1n) is 8.08. The van der Waals surface area contributed by atoms with E-state index in [4.69, 9.17) is 25.8 Å². The highest BCUT2D eigenvalue weighted by Gasteiger charge is 2.24. The topological polar surface area (TPSA) is 39.7 Å². The van der Waals surface area contributed by atoms with Gasteiger partial charge in [-0.1, -0.05) is 17.7 Å². The number of ether oxygens (including phenoxy) is 3. The number of hydrogen-bond acceptors (Lipinski definition) is 4. The molecule has 5 heteroatoms. The first kappa shape index (κ1) is 16.9. The normalized spacial score (nSPS) is 16.4.